The van der Waals surface area contributed by atoms with Crippen LogP contribution in [0.25, 0.3) is 22.2 Å². The first-order chi connectivity index (χ1) is 11.9. The van der Waals surface area contributed by atoms with Gasteiger partial charge < -0.3 is 15.1 Å². The molecular weight excluding hydrogens is 340 g/mol. The van der Waals surface area contributed by atoms with Crippen molar-refractivity contribution >= 4 is 27.4 Å². The van der Waals surface area contributed by atoms with E-state index in [-0.39, 0.29) is 5.92 Å². The molecule has 1 aliphatic rings. The van der Waals surface area contributed by atoms with Crippen molar-refractivity contribution < 1.29 is 18.3 Å². The zero-order valence-electron chi connectivity index (χ0n) is 13.6. The van der Waals surface area contributed by atoms with Crippen molar-refractivity contribution in [2.75, 3.05) is 11.5 Å². The smallest absolute Gasteiger partial charge is 0.250 e. The van der Waals surface area contributed by atoms with Gasteiger partial charge in [0.2, 0.25) is 0 Å². The molecule has 2 aromatic heterocycles. The summed E-state index contributed by atoms with van der Waals surface area (Å²) in [7, 11) is -2.53. The van der Waals surface area contributed by atoms with Gasteiger partial charge in [-0.25, -0.2) is 0 Å². The van der Waals surface area contributed by atoms with Gasteiger partial charge in [0.15, 0.2) is 0 Å². The fraction of sp³-hybridized carbons (Fsp3) is 0.278. The molecule has 3 heterocycles. The number of amides is 1. The van der Waals surface area contributed by atoms with E-state index in [2.05, 4.69) is 4.98 Å². The summed E-state index contributed by atoms with van der Waals surface area (Å²) in [6, 6.07) is 7.30. The number of nitrogens with two attached hydrogens (primary N) is 1. The van der Waals surface area contributed by atoms with Gasteiger partial charge in [0.1, 0.15) is 5.76 Å². The van der Waals surface area contributed by atoms with Crippen LogP contribution in [0, 0.1) is 0 Å². The van der Waals surface area contributed by atoms with E-state index in [9.17, 15) is 13.9 Å². The number of hydrogen-bond acceptors (Lipinski definition) is 4. The molecule has 1 aromatic carbocycles. The molecule has 4 rings (SSSR count). The van der Waals surface area contributed by atoms with Crippen LogP contribution in [0.3, 0.4) is 0 Å². The van der Waals surface area contributed by atoms with E-state index in [1.165, 1.54) is 0 Å². The molecular formula is C18H20N2O4S. The maximum Gasteiger partial charge on any atom is 0.250 e. The van der Waals surface area contributed by atoms with Gasteiger partial charge >= 0.3 is 0 Å². The zero-order valence-corrected chi connectivity index (χ0v) is 14.4. The van der Waals surface area contributed by atoms with Crippen LogP contribution in [0.1, 0.15) is 34.7 Å². The number of hydrogen-bond donors (Lipinski definition) is 4. The lowest BCUT2D eigenvalue weighted by Gasteiger charge is -2.40. The highest BCUT2D eigenvalue weighted by Gasteiger charge is 2.28. The molecule has 5 N–H and O–H groups in total. The van der Waals surface area contributed by atoms with Gasteiger partial charge in [-0.1, -0.05) is 0 Å². The van der Waals surface area contributed by atoms with Crippen LogP contribution < -0.4 is 5.73 Å². The molecule has 0 saturated carbocycles. The van der Waals surface area contributed by atoms with Gasteiger partial charge in [-0.15, -0.1) is 0 Å². The molecule has 3 aromatic rings. The summed E-state index contributed by atoms with van der Waals surface area (Å²) in [4.78, 5) is 15.1. The third kappa shape index (κ3) is 2.95. The van der Waals surface area contributed by atoms with Crippen molar-refractivity contribution in [1.29, 1.82) is 0 Å². The van der Waals surface area contributed by atoms with Gasteiger partial charge in [0, 0.05) is 34.6 Å². The van der Waals surface area contributed by atoms with E-state index in [1.807, 2.05) is 18.3 Å². The number of carbonyl (C=O) groups excluding carboxylic acids is 1. The lowest BCUT2D eigenvalue weighted by molar-refractivity contribution is 0.100. The Morgan fingerprint density at radius 2 is 2.20 bits per heavy atom. The van der Waals surface area contributed by atoms with Crippen molar-refractivity contribution in [1.82, 2.24) is 4.98 Å². The number of nitrogens with one attached hydrogen (secondary N) is 1. The molecule has 1 atom stereocenters. The highest BCUT2D eigenvalue weighted by atomic mass is 32.3. The molecule has 0 radical (unpaired) electrons. The van der Waals surface area contributed by atoms with E-state index in [4.69, 9.17) is 10.2 Å². The zero-order chi connectivity index (χ0) is 17.6. The number of primary amides is 1. The second-order valence-corrected chi connectivity index (χ2v) is 8.89. The van der Waals surface area contributed by atoms with E-state index in [0.29, 0.717) is 28.3 Å². The first-order valence-corrected chi connectivity index (χ1v) is 10.1. The Hall–Kier alpha value is -2.22. The van der Waals surface area contributed by atoms with Gasteiger partial charge in [0.05, 0.1) is 17.3 Å². The number of furan rings is 1. The third-order valence-corrected chi connectivity index (χ3v) is 6.70. The summed E-state index contributed by atoms with van der Waals surface area (Å²) in [6.07, 6.45) is 5.10. The lowest BCUT2D eigenvalue weighted by Crippen LogP contribution is -2.20. The van der Waals surface area contributed by atoms with Crippen LogP contribution in [0.5, 0.6) is 0 Å². The van der Waals surface area contributed by atoms with Crippen LogP contribution in [-0.2, 0) is 0 Å². The Bertz CT molecular complexity index is 930. The van der Waals surface area contributed by atoms with Gasteiger partial charge in [-0.3, -0.25) is 13.9 Å². The van der Waals surface area contributed by atoms with E-state index in [1.54, 1.807) is 18.4 Å². The third-order valence-electron chi connectivity index (χ3n) is 4.82. The Kier molecular flexibility index (Phi) is 3.87. The highest BCUT2D eigenvalue weighted by molar-refractivity contribution is 8.24. The number of carbonyl (C=O) groups is 1. The van der Waals surface area contributed by atoms with E-state index in [0.717, 1.165) is 29.4 Å². The van der Waals surface area contributed by atoms with Crippen molar-refractivity contribution in [2.45, 2.75) is 18.8 Å². The van der Waals surface area contributed by atoms with E-state index < -0.39 is 16.5 Å². The topological polar surface area (TPSA) is 112 Å². The molecule has 0 aliphatic carbocycles. The van der Waals surface area contributed by atoms with Crippen molar-refractivity contribution in [3.05, 3.63) is 47.9 Å². The summed E-state index contributed by atoms with van der Waals surface area (Å²) >= 11 is 0. The number of fused-ring (bicyclic) bond motifs is 1. The standard InChI is InChI=1S/C18H20N2O4S/c19-18(21)14-8-12(16-4-1-5-24-16)7-13-15(9-20-17(13)14)11-3-2-6-25(22,23)10-11/h1,4-5,7-9,11,20,22-23H,2-3,6,10H2,(H2,19,21). The average molecular weight is 360 g/mol. The van der Waals surface area contributed by atoms with Gasteiger partial charge in [0.25, 0.3) is 5.91 Å². The van der Waals surface area contributed by atoms with E-state index >= 15 is 0 Å². The number of H-pyrrole nitrogens is 1. The number of rotatable bonds is 3. The molecule has 1 fully saturated rings. The number of aromatic amines is 1. The average Bonchev–Trinajstić information content (AvgIpc) is 3.22. The maximum atomic E-state index is 11.9. The molecule has 6 nitrogen and oxygen atoms in total. The highest BCUT2D eigenvalue weighted by Crippen LogP contribution is 2.50. The monoisotopic (exact) mass is 360 g/mol. The molecule has 7 heteroatoms. The minimum absolute atomic E-state index is 0.0417. The second-order valence-electron chi connectivity index (χ2n) is 6.54. The SMILES string of the molecule is NC(=O)c1cc(-c2ccco2)cc2c(C3CCCS(O)(O)C3)c[nH]c12. The number of aromatic nitrogens is 1. The van der Waals surface area contributed by atoms with Crippen molar-refractivity contribution in [3.8, 4) is 11.3 Å². The molecule has 1 aliphatic heterocycles. The summed E-state index contributed by atoms with van der Waals surface area (Å²) in [5, 5.41) is 0.879. The fourth-order valence-corrected chi connectivity index (χ4v) is 5.45. The fourth-order valence-electron chi connectivity index (χ4n) is 3.67. The predicted octanol–water partition coefficient (Wildman–Crippen LogP) is 4.15. The van der Waals surface area contributed by atoms with Crippen LogP contribution >= 0.6 is 10.6 Å². The maximum absolute atomic E-state index is 11.9. The predicted molar refractivity (Wildman–Crippen MR) is 99.1 cm³/mol. The van der Waals surface area contributed by atoms with Gasteiger partial charge in [-0.2, -0.15) is 10.6 Å². The first-order valence-electron chi connectivity index (χ1n) is 8.17. The van der Waals surface area contributed by atoms with Crippen molar-refractivity contribution in [3.63, 3.8) is 0 Å². The lowest BCUT2D eigenvalue weighted by atomic mass is 9.93. The largest absolute Gasteiger partial charge is 0.464 e. The summed E-state index contributed by atoms with van der Waals surface area (Å²) in [5.74, 6) is 1.01. The second kappa shape index (κ2) is 5.94. The first kappa shape index (κ1) is 16.3. The van der Waals surface area contributed by atoms with Crippen LogP contribution in [0.4, 0.5) is 0 Å². The molecule has 132 valence electrons. The Balaban J connectivity index is 1.88. The quantitative estimate of drug-likeness (QED) is 0.562. The molecule has 0 spiro atoms. The molecule has 0 bridgehead atoms. The van der Waals surface area contributed by atoms with Crippen LogP contribution in [-0.4, -0.2) is 31.5 Å². The Labute approximate surface area is 146 Å². The van der Waals surface area contributed by atoms with Crippen LogP contribution in [0.2, 0.25) is 0 Å². The minimum Gasteiger partial charge on any atom is -0.464 e. The normalized spacial score (nSPS) is 21.3. The van der Waals surface area contributed by atoms with Crippen molar-refractivity contribution in [2.24, 2.45) is 5.73 Å². The molecule has 1 amide bonds. The molecule has 25 heavy (non-hydrogen) atoms. The summed E-state index contributed by atoms with van der Waals surface area (Å²) < 4.78 is 25.7. The molecule has 1 saturated heterocycles. The Morgan fingerprint density at radius 3 is 2.88 bits per heavy atom. The van der Waals surface area contributed by atoms with Gasteiger partial charge in [-0.05, 0) is 42.7 Å². The number of benzene rings is 1. The minimum atomic E-state index is -2.53. The Morgan fingerprint density at radius 1 is 1.36 bits per heavy atom. The summed E-state index contributed by atoms with van der Waals surface area (Å²) in [6.45, 7) is 0. The molecule has 1 unspecified atom stereocenters. The summed E-state index contributed by atoms with van der Waals surface area (Å²) in [5.41, 5.74) is 8.41. The van der Waals surface area contributed by atoms with Crippen LogP contribution in [0.15, 0.2) is 41.1 Å².